The molecule has 3 atom stereocenters. The van der Waals surface area contributed by atoms with Crippen molar-refractivity contribution in [2.75, 3.05) is 53.6 Å². The molecule has 1 aromatic rings. The molecule has 0 bridgehead atoms. The Hall–Kier alpha value is -0.520. The van der Waals surface area contributed by atoms with E-state index in [1.165, 1.54) is 25.2 Å². The molecule has 3 rings (SSSR count). The summed E-state index contributed by atoms with van der Waals surface area (Å²) in [5, 5.41) is 0. The molecule has 0 saturated carbocycles. The van der Waals surface area contributed by atoms with Crippen LogP contribution in [-0.2, 0) is 4.74 Å². The Morgan fingerprint density at radius 1 is 1.08 bits per heavy atom. The molecule has 6 heteroatoms. The predicted molar refractivity (Wildman–Crippen MR) is 103 cm³/mol. The van der Waals surface area contributed by atoms with Crippen molar-refractivity contribution in [2.24, 2.45) is 11.8 Å². The minimum absolute atomic E-state index is 0. The van der Waals surface area contributed by atoms with Crippen LogP contribution in [0.3, 0.4) is 0 Å². The summed E-state index contributed by atoms with van der Waals surface area (Å²) < 4.78 is 10.8. The summed E-state index contributed by atoms with van der Waals surface area (Å²) in [5.74, 6) is 2.46. The summed E-state index contributed by atoms with van der Waals surface area (Å²) in [5.41, 5.74) is 1.42. The van der Waals surface area contributed by atoms with Gasteiger partial charge in [0.05, 0.1) is 13.7 Å². The Bertz CT molecular complexity index is 486. The Morgan fingerprint density at radius 2 is 1.79 bits per heavy atom. The van der Waals surface area contributed by atoms with Crippen molar-refractivity contribution in [3.05, 3.63) is 29.8 Å². The number of halogens is 2. The Kier molecular flexibility index (Phi) is 8.82. The average Bonchev–Trinajstić information content (AvgIpc) is 3.04. The number of fused-ring (bicyclic) bond motifs is 1. The molecule has 2 aliphatic rings. The van der Waals surface area contributed by atoms with E-state index in [9.17, 15) is 0 Å². The third kappa shape index (κ3) is 4.55. The molecule has 0 radical (unpaired) electrons. The first kappa shape index (κ1) is 21.5. The molecule has 2 aliphatic heterocycles. The highest BCUT2D eigenvalue weighted by Gasteiger charge is 2.45. The minimum atomic E-state index is 0. The molecule has 0 unspecified atom stereocenters. The van der Waals surface area contributed by atoms with E-state index in [1.54, 1.807) is 7.11 Å². The van der Waals surface area contributed by atoms with Gasteiger partial charge in [-0.3, -0.25) is 4.90 Å². The van der Waals surface area contributed by atoms with Crippen molar-refractivity contribution in [1.29, 1.82) is 0 Å². The number of likely N-dealkylation sites (tertiary alicyclic amines) is 2. The summed E-state index contributed by atoms with van der Waals surface area (Å²) in [6.07, 6.45) is 0. The van der Waals surface area contributed by atoms with Crippen LogP contribution in [0.4, 0.5) is 0 Å². The normalized spacial score (nSPS) is 26.5. The molecule has 0 aromatic heterocycles. The lowest BCUT2D eigenvalue weighted by Crippen LogP contribution is -2.31. The first-order valence-electron chi connectivity index (χ1n) is 8.37. The quantitative estimate of drug-likeness (QED) is 0.712. The van der Waals surface area contributed by atoms with Gasteiger partial charge in [-0.05, 0) is 43.5 Å². The maximum atomic E-state index is 5.51. The number of benzene rings is 1. The largest absolute Gasteiger partial charge is 0.497 e. The molecule has 0 spiro atoms. The average molecular weight is 377 g/mol. The van der Waals surface area contributed by atoms with Gasteiger partial charge in [-0.15, -0.1) is 24.8 Å². The van der Waals surface area contributed by atoms with Crippen molar-refractivity contribution in [3.63, 3.8) is 0 Å². The van der Waals surface area contributed by atoms with Gasteiger partial charge in [-0.1, -0.05) is 12.1 Å². The second kappa shape index (κ2) is 9.83. The van der Waals surface area contributed by atoms with Gasteiger partial charge in [-0.2, -0.15) is 0 Å². The number of methoxy groups -OCH3 is 1. The van der Waals surface area contributed by atoms with Crippen molar-refractivity contribution in [2.45, 2.75) is 13.0 Å². The number of rotatable bonds is 6. The monoisotopic (exact) mass is 376 g/mol. The zero-order valence-electron chi connectivity index (χ0n) is 14.8. The number of hydrogen-bond acceptors (Lipinski definition) is 4. The molecule has 0 amide bonds. The van der Waals surface area contributed by atoms with Gasteiger partial charge >= 0.3 is 0 Å². The van der Waals surface area contributed by atoms with Crippen LogP contribution in [0.5, 0.6) is 5.75 Å². The molecular weight excluding hydrogens is 347 g/mol. The fourth-order valence-corrected chi connectivity index (χ4v) is 4.17. The molecule has 4 nitrogen and oxygen atoms in total. The third-order valence-corrected chi connectivity index (χ3v) is 5.18. The molecule has 2 heterocycles. The number of ether oxygens (including phenoxy) is 2. The van der Waals surface area contributed by atoms with Gasteiger partial charge in [-0.25, -0.2) is 0 Å². The van der Waals surface area contributed by atoms with Gasteiger partial charge in [0.2, 0.25) is 0 Å². The maximum absolute atomic E-state index is 5.51. The fourth-order valence-electron chi connectivity index (χ4n) is 4.17. The lowest BCUT2D eigenvalue weighted by atomic mass is 9.89. The van der Waals surface area contributed by atoms with Crippen LogP contribution in [0, 0.1) is 11.8 Å². The van der Waals surface area contributed by atoms with E-state index < -0.39 is 0 Å². The van der Waals surface area contributed by atoms with E-state index in [1.807, 2.05) is 0 Å². The topological polar surface area (TPSA) is 24.9 Å². The smallest absolute Gasteiger partial charge is 0.118 e. The van der Waals surface area contributed by atoms with E-state index in [0.29, 0.717) is 6.04 Å². The summed E-state index contributed by atoms with van der Waals surface area (Å²) in [6, 6.07) is 9.15. The van der Waals surface area contributed by atoms with Gasteiger partial charge in [0.15, 0.2) is 0 Å². The Morgan fingerprint density at radius 3 is 2.42 bits per heavy atom. The zero-order chi connectivity index (χ0) is 15.5. The SMILES string of the molecule is CCOCCN1C[C@@H]2CN(C)[C@@H](c3ccc(OC)cc3)[C@@H]2C1.Cl.Cl. The zero-order valence-corrected chi connectivity index (χ0v) is 16.4. The van der Waals surface area contributed by atoms with E-state index in [-0.39, 0.29) is 24.8 Å². The second-order valence-corrected chi connectivity index (χ2v) is 6.54. The highest BCUT2D eigenvalue weighted by molar-refractivity contribution is 5.85. The van der Waals surface area contributed by atoms with Crippen molar-refractivity contribution in [1.82, 2.24) is 9.80 Å². The van der Waals surface area contributed by atoms with Gasteiger partial charge in [0.1, 0.15) is 5.75 Å². The first-order valence-corrected chi connectivity index (χ1v) is 8.37. The highest BCUT2D eigenvalue weighted by Crippen LogP contribution is 2.44. The van der Waals surface area contributed by atoms with Crippen LogP contribution in [-0.4, -0.2) is 63.4 Å². The van der Waals surface area contributed by atoms with Crippen molar-refractivity contribution >= 4 is 24.8 Å². The molecule has 138 valence electrons. The number of hydrogen-bond donors (Lipinski definition) is 0. The highest BCUT2D eigenvalue weighted by atomic mass is 35.5. The molecule has 2 saturated heterocycles. The van der Waals surface area contributed by atoms with Crippen molar-refractivity contribution in [3.8, 4) is 5.75 Å². The Balaban J connectivity index is 0.00000144. The van der Waals surface area contributed by atoms with Crippen LogP contribution >= 0.6 is 24.8 Å². The minimum Gasteiger partial charge on any atom is -0.497 e. The summed E-state index contributed by atoms with van der Waals surface area (Å²) in [6.45, 7) is 8.42. The summed E-state index contributed by atoms with van der Waals surface area (Å²) in [4.78, 5) is 5.10. The van der Waals surface area contributed by atoms with E-state index >= 15 is 0 Å². The van der Waals surface area contributed by atoms with E-state index in [4.69, 9.17) is 9.47 Å². The standard InChI is InChI=1S/C18H28N2O2.2ClH/c1-4-22-10-9-20-12-15-11-19(2)18(17(15)13-20)14-5-7-16(21-3)8-6-14;;/h5-8,15,17-18H,4,9-13H2,1-3H3;2*1H/t15-,17+,18-;;/m0../s1. The van der Waals surface area contributed by atoms with Crippen LogP contribution < -0.4 is 4.74 Å². The van der Waals surface area contributed by atoms with Gasteiger partial charge < -0.3 is 14.4 Å². The summed E-state index contributed by atoms with van der Waals surface area (Å²) in [7, 11) is 3.98. The van der Waals surface area contributed by atoms with Crippen LogP contribution in [0.1, 0.15) is 18.5 Å². The molecule has 2 fully saturated rings. The van der Waals surface area contributed by atoms with Crippen molar-refractivity contribution < 1.29 is 9.47 Å². The predicted octanol–water partition coefficient (Wildman–Crippen LogP) is 3.11. The molecular formula is C18H30Cl2N2O2. The van der Waals surface area contributed by atoms with E-state index in [2.05, 4.69) is 48.0 Å². The lowest BCUT2D eigenvalue weighted by molar-refractivity contribution is 0.115. The maximum Gasteiger partial charge on any atom is 0.118 e. The fraction of sp³-hybridized carbons (Fsp3) is 0.667. The van der Waals surface area contributed by atoms with Crippen LogP contribution in [0.25, 0.3) is 0 Å². The summed E-state index contributed by atoms with van der Waals surface area (Å²) >= 11 is 0. The molecule has 1 aromatic carbocycles. The molecule has 0 N–H and O–H groups in total. The molecule has 0 aliphatic carbocycles. The van der Waals surface area contributed by atoms with Crippen LogP contribution in [0.15, 0.2) is 24.3 Å². The van der Waals surface area contributed by atoms with Gasteiger partial charge in [0, 0.05) is 38.8 Å². The molecule has 24 heavy (non-hydrogen) atoms. The number of nitrogens with zero attached hydrogens (tertiary/aromatic N) is 2. The second-order valence-electron chi connectivity index (χ2n) is 6.54. The van der Waals surface area contributed by atoms with Crippen LogP contribution in [0.2, 0.25) is 0 Å². The third-order valence-electron chi connectivity index (χ3n) is 5.18. The lowest BCUT2D eigenvalue weighted by Gasteiger charge is -2.27. The van der Waals surface area contributed by atoms with E-state index in [0.717, 1.165) is 37.3 Å². The first-order chi connectivity index (χ1) is 10.7. The Labute approximate surface area is 158 Å². The van der Waals surface area contributed by atoms with Gasteiger partial charge in [0.25, 0.3) is 0 Å².